The second kappa shape index (κ2) is 3.56. The monoisotopic (exact) mass is 179 g/mol. The highest BCUT2D eigenvalue weighted by Crippen LogP contribution is 2.18. The highest BCUT2D eigenvalue weighted by molar-refractivity contribution is 6.23. The van der Waals surface area contributed by atoms with Gasteiger partial charge in [-0.25, -0.2) is 0 Å². The van der Waals surface area contributed by atoms with E-state index in [0.717, 1.165) is 16.9 Å². The van der Waals surface area contributed by atoms with Crippen LogP contribution in [0.3, 0.4) is 0 Å². The molecule has 3 heteroatoms. The van der Waals surface area contributed by atoms with Gasteiger partial charge < -0.3 is 4.84 Å². The van der Waals surface area contributed by atoms with Gasteiger partial charge in [-0.05, 0) is 38.0 Å². The maximum Gasteiger partial charge on any atom is 0.184 e. The van der Waals surface area contributed by atoms with Crippen LogP contribution in [0.15, 0.2) is 28.0 Å². The minimum absolute atomic E-state index is 0.0903. The van der Waals surface area contributed by atoms with E-state index in [2.05, 4.69) is 9.99 Å². The largest absolute Gasteiger partial charge is 0.399 e. The van der Waals surface area contributed by atoms with E-state index in [4.69, 9.17) is 0 Å². The van der Waals surface area contributed by atoms with Crippen molar-refractivity contribution >= 4 is 11.5 Å². The first kappa shape index (κ1) is 9.71. The lowest BCUT2D eigenvalue weighted by Gasteiger charge is -2.13. The zero-order chi connectivity index (χ0) is 10.0. The lowest BCUT2D eigenvalue weighted by molar-refractivity contribution is -0.112. The van der Waals surface area contributed by atoms with Gasteiger partial charge in [0.25, 0.3) is 0 Å². The smallest absolute Gasteiger partial charge is 0.184 e. The molecule has 0 amide bonds. The summed E-state index contributed by atoms with van der Waals surface area (Å²) in [7, 11) is 1.50. The third-order valence-corrected chi connectivity index (χ3v) is 2.19. The van der Waals surface area contributed by atoms with E-state index in [1.807, 2.05) is 6.92 Å². The Kier molecular flexibility index (Phi) is 2.66. The van der Waals surface area contributed by atoms with E-state index in [1.54, 1.807) is 19.9 Å². The molecule has 0 aliphatic heterocycles. The molecule has 0 bridgehead atoms. The molecule has 0 aromatic rings. The molecule has 0 fully saturated rings. The molecule has 1 aliphatic rings. The number of carbonyl (C=O) groups is 1. The van der Waals surface area contributed by atoms with Crippen LogP contribution in [-0.4, -0.2) is 18.6 Å². The summed E-state index contributed by atoms with van der Waals surface area (Å²) in [6.45, 7) is 5.46. The van der Waals surface area contributed by atoms with E-state index in [0.29, 0.717) is 5.57 Å². The zero-order valence-electron chi connectivity index (χ0n) is 8.34. The van der Waals surface area contributed by atoms with Crippen LogP contribution in [0.4, 0.5) is 0 Å². The van der Waals surface area contributed by atoms with Crippen molar-refractivity contribution in [3.8, 4) is 0 Å². The molecule has 0 unspecified atom stereocenters. The van der Waals surface area contributed by atoms with Gasteiger partial charge in [0, 0.05) is 5.57 Å². The number of carbonyl (C=O) groups excluding carboxylic acids is 1. The van der Waals surface area contributed by atoms with Gasteiger partial charge in [0.1, 0.15) is 12.8 Å². The molecule has 0 saturated carbocycles. The lowest BCUT2D eigenvalue weighted by Crippen LogP contribution is -2.15. The first-order valence-corrected chi connectivity index (χ1v) is 4.10. The predicted molar refractivity (Wildman–Crippen MR) is 51.6 cm³/mol. The zero-order valence-corrected chi connectivity index (χ0v) is 8.34. The van der Waals surface area contributed by atoms with Crippen LogP contribution >= 0.6 is 0 Å². The summed E-state index contributed by atoms with van der Waals surface area (Å²) in [5.41, 5.74) is 3.07. The first-order chi connectivity index (χ1) is 6.07. The normalized spacial score (nSPS) is 20.8. The number of oxime groups is 1. The Hall–Kier alpha value is -1.38. The van der Waals surface area contributed by atoms with E-state index >= 15 is 0 Å². The number of hydrogen-bond donors (Lipinski definition) is 0. The van der Waals surface area contributed by atoms with E-state index in [1.165, 1.54) is 7.11 Å². The Bertz CT molecular complexity index is 335. The fourth-order valence-corrected chi connectivity index (χ4v) is 1.23. The van der Waals surface area contributed by atoms with Gasteiger partial charge in [0.15, 0.2) is 5.78 Å². The van der Waals surface area contributed by atoms with Crippen molar-refractivity contribution in [1.82, 2.24) is 0 Å². The second-order valence-corrected chi connectivity index (χ2v) is 3.07. The van der Waals surface area contributed by atoms with Crippen LogP contribution in [-0.2, 0) is 9.63 Å². The van der Waals surface area contributed by atoms with Gasteiger partial charge in [-0.1, -0.05) is 5.16 Å². The summed E-state index contributed by atoms with van der Waals surface area (Å²) in [5, 5.41) is 3.83. The SMILES string of the molecule is CO/N=C1/C=C(C)C(=O)C(C)=C1C. The lowest BCUT2D eigenvalue weighted by atomic mass is 9.92. The third kappa shape index (κ3) is 1.69. The molecule has 0 saturated heterocycles. The Balaban J connectivity index is 3.17. The molecule has 70 valence electrons. The van der Waals surface area contributed by atoms with E-state index in [-0.39, 0.29) is 5.78 Å². The maximum absolute atomic E-state index is 11.5. The number of allylic oxidation sites excluding steroid dienone is 4. The topological polar surface area (TPSA) is 38.7 Å². The summed E-state index contributed by atoms with van der Waals surface area (Å²) in [6.07, 6.45) is 1.74. The first-order valence-electron chi connectivity index (χ1n) is 4.10. The van der Waals surface area contributed by atoms with Gasteiger partial charge in [-0.3, -0.25) is 4.79 Å². The van der Waals surface area contributed by atoms with Gasteiger partial charge in [0.2, 0.25) is 0 Å². The van der Waals surface area contributed by atoms with Gasteiger partial charge in [-0.2, -0.15) is 0 Å². The van der Waals surface area contributed by atoms with Crippen molar-refractivity contribution in [2.24, 2.45) is 5.16 Å². The maximum atomic E-state index is 11.5. The van der Waals surface area contributed by atoms with Crippen LogP contribution in [0.2, 0.25) is 0 Å². The molecule has 0 aromatic carbocycles. The van der Waals surface area contributed by atoms with Crippen molar-refractivity contribution in [3.63, 3.8) is 0 Å². The Labute approximate surface area is 77.8 Å². The van der Waals surface area contributed by atoms with Crippen molar-refractivity contribution < 1.29 is 9.63 Å². The fourth-order valence-electron chi connectivity index (χ4n) is 1.23. The van der Waals surface area contributed by atoms with Crippen LogP contribution in [0.25, 0.3) is 0 Å². The summed E-state index contributed by atoms with van der Waals surface area (Å²) in [5.74, 6) is 0.0903. The highest BCUT2D eigenvalue weighted by atomic mass is 16.6. The predicted octanol–water partition coefficient (Wildman–Crippen LogP) is 1.85. The number of nitrogens with zero attached hydrogens (tertiary/aromatic N) is 1. The summed E-state index contributed by atoms with van der Waals surface area (Å²) in [4.78, 5) is 16.1. The standard InChI is InChI=1S/C10H13NO2/c1-6-5-9(11-13-4)7(2)8(3)10(6)12/h5H,1-4H3/b11-9-. The molecule has 13 heavy (non-hydrogen) atoms. The highest BCUT2D eigenvalue weighted by Gasteiger charge is 2.18. The van der Waals surface area contributed by atoms with Crippen molar-refractivity contribution in [2.45, 2.75) is 20.8 Å². The molecule has 0 spiro atoms. The fraction of sp³-hybridized carbons (Fsp3) is 0.400. The number of Topliss-reactive ketones (excluding diaryl/α,β-unsaturated/α-hetero) is 1. The molecule has 3 nitrogen and oxygen atoms in total. The van der Waals surface area contributed by atoms with E-state index < -0.39 is 0 Å². The molecule has 0 aromatic heterocycles. The second-order valence-electron chi connectivity index (χ2n) is 3.07. The molecule has 0 atom stereocenters. The minimum atomic E-state index is 0.0903. The Morgan fingerprint density at radius 3 is 2.38 bits per heavy atom. The van der Waals surface area contributed by atoms with E-state index in [9.17, 15) is 4.79 Å². The average Bonchev–Trinajstić information content (AvgIpc) is 2.11. The Morgan fingerprint density at radius 1 is 1.23 bits per heavy atom. The molecular weight excluding hydrogens is 166 g/mol. The minimum Gasteiger partial charge on any atom is -0.399 e. The average molecular weight is 179 g/mol. The van der Waals surface area contributed by atoms with Crippen LogP contribution in [0.1, 0.15) is 20.8 Å². The van der Waals surface area contributed by atoms with Crippen molar-refractivity contribution in [3.05, 3.63) is 22.8 Å². The third-order valence-electron chi connectivity index (χ3n) is 2.19. The van der Waals surface area contributed by atoms with Crippen LogP contribution in [0.5, 0.6) is 0 Å². The van der Waals surface area contributed by atoms with Crippen LogP contribution < -0.4 is 0 Å². The van der Waals surface area contributed by atoms with Crippen molar-refractivity contribution in [2.75, 3.05) is 7.11 Å². The number of ketones is 1. The number of rotatable bonds is 1. The molecule has 0 N–H and O–H groups in total. The number of hydrogen-bond acceptors (Lipinski definition) is 3. The molecule has 1 aliphatic carbocycles. The summed E-state index contributed by atoms with van der Waals surface area (Å²) in [6, 6.07) is 0. The van der Waals surface area contributed by atoms with Gasteiger partial charge >= 0.3 is 0 Å². The quantitative estimate of drug-likeness (QED) is 0.455. The molecule has 1 rings (SSSR count). The molecular formula is C10H13NO2. The summed E-state index contributed by atoms with van der Waals surface area (Å²) >= 11 is 0. The van der Waals surface area contributed by atoms with Gasteiger partial charge in [0.05, 0.1) is 0 Å². The van der Waals surface area contributed by atoms with Crippen LogP contribution in [0, 0.1) is 0 Å². The molecule has 0 heterocycles. The van der Waals surface area contributed by atoms with Crippen molar-refractivity contribution in [1.29, 1.82) is 0 Å². The van der Waals surface area contributed by atoms with Gasteiger partial charge in [-0.15, -0.1) is 0 Å². The Morgan fingerprint density at radius 2 is 1.85 bits per heavy atom. The summed E-state index contributed by atoms with van der Waals surface area (Å²) < 4.78 is 0. The molecule has 0 radical (unpaired) electrons.